The van der Waals surface area contributed by atoms with Crippen LogP contribution < -0.4 is 15.6 Å². The third kappa shape index (κ3) is 3.67. The molecule has 5 heteroatoms. The lowest BCUT2D eigenvalue weighted by Crippen LogP contribution is -2.32. The van der Waals surface area contributed by atoms with E-state index in [4.69, 9.17) is 0 Å². The number of H-pyrrole nitrogens is 1. The summed E-state index contributed by atoms with van der Waals surface area (Å²) in [7, 11) is 0. The summed E-state index contributed by atoms with van der Waals surface area (Å²) in [5, 5.41) is 2.78. The van der Waals surface area contributed by atoms with E-state index in [1.165, 1.54) is 30.8 Å². The van der Waals surface area contributed by atoms with Gasteiger partial charge in [0.15, 0.2) is 5.43 Å². The molecule has 24 heavy (non-hydrogen) atoms. The van der Waals surface area contributed by atoms with E-state index in [0.717, 1.165) is 24.7 Å². The molecule has 3 rings (SSSR count). The molecule has 1 saturated heterocycles. The van der Waals surface area contributed by atoms with Crippen LogP contribution in [0, 0.1) is 12.8 Å². The Kier molecular flexibility index (Phi) is 4.69. The fourth-order valence-electron chi connectivity index (χ4n) is 2.97. The van der Waals surface area contributed by atoms with Crippen molar-refractivity contribution < 1.29 is 4.79 Å². The van der Waals surface area contributed by atoms with E-state index in [9.17, 15) is 9.59 Å². The molecule has 1 aliphatic rings. The van der Waals surface area contributed by atoms with Gasteiger partial charge in [-0.15, -0.1) is 0 Å². The second-order valence-corrected chi connectivity index (χ2v) is 6.56. The maximum Gasteiger partial charge on any atom is 0.261 e. The lowest BCUT2D eigenvalue weighted by atomic mass is 9.99. The molecule has 1 amide bonds. The molecule has 1 aromatic heterocycles. The van der Waals surface area contributed by atoms with Gasteiger partial charge in [-0.2, -0.15) is 0 Å². The molecule has 0 aliphatic carbocycles. The topological polar surface area (TPSA) is 65.2 Å². The van der Waals surface area contributed by atoms with Gasteiger partial charge in [-0.25, -0.2) is 0 Å². The van der Waals surface area contributed by atoms with Gasteiger partial charge in [0.1, 0.15) is 5.56 Å². The van der Waals surface area contributed by atoms with Crippen LogP contribution in [0.25, 0.3) is 0 Å². The molecule has 126 valence electrons. The number of aromatic nitrogens is 1. The quantitative estimate of drug-likeness (QED) is 0.911. The van der Waals surface area contributed by atoms with Crippen LogP contribution in [0.2, 0.25) is 0 Å². The number of amides is 1. The summed E-state index contributed by atoms with van der Waals surface area (Å²) in [6.07, 6.45) is 3.89. The SMILES string of the molecule is Cc1cc(=O)c(C(=O)Nc2ccc(N3CCC(C)CC3)cc2)c[nH]1. The van der Waals surface area contributed by atoms with E-state index < -0.39 is 5.91 Å². The lowest BCUT2D eigenvalue weighted by Gasteiger charge is -2.32. The van der Waals surface area contributed by atoms with E-state index >= 15 is 0 Å². The fourth-order valence-corrected chi connectivity index (χ4v) is 2.97. The van der Waals surface area contributed by atoms with Crippen LogP contribution in [0.1, 0.15) is 35.8 Å². The zero-order valence-electron chi connectivity index (χ0n) is 14.1. The van der Waals surface area contributed by atoms with Crippen molar-refractivity contribution in [3.05, 3.63) is 58.0 Å². The molecular formula is C19H23N3O2. The van der Waals surface area contributed by atoms with Gasteiger partial charge in [0.2, 0.25) is 0 Å². The number of rotatable bonds is 3. The second-order valence-electron chi connectivity index (χ2n) is 6.56. The Morgan fingerprint density at radius 3 is 2.50 bits per heavy atom. The Morgan fingerprint density at radius 1 is 1.21 bits per heavy atom. The molecule has 0 unspecified atom stereocenters. The number of hydrogen-bond acceptors (Lipinski definition) is 3. The monoisotopic (exact) mass is 325 g/mol. The van der Waals surface area contributed by atoms with E-state index in [1.54, 1.807) is 6.92 Å². The van der Waals surface area contributed by atoms with Crippen molar-refractivity contribution >= 4 is 17.3 Å². The van der Waals surface area contributed by atoms with Crippen LogP contribution in [-0.4, -0.2) is 24.0 Å². The zero-order chi connectivity index (χ0) is 17.1. The number of benzene rings is 1. The number of carbonyl (C=O) groups excluding carboxylic acids is 1. The van der Waals surface area contributed by atoms with Gasteiger partial charge < -0.3 is 15.2 Å². The first kappa shape index (κ1) is 16.3. The smallest absolute Gasteiger partial charge is 0.261 e. The first-order valence-electron chi connectivity index (χ1n) is 8.38. The molecule has 0 bridgehead atoms. The maximum atomic E-state index is 12.2. The number of carbonyl (C=O) groups is 1. The maximum absolute atomic E-state index is 12.2. The summed E-state index contributed by atoms with van der Waals surface area (Å²) in [5.41, 5.74) is 2.44. The highest BCUT2D eigenvalue weighted by Gasteiger charge is 2.16. The Labute approximate surface area is 141 Å². The van der Waals surface area contributed by atoms with Gasteiger partial charge in [-0.3, -0.25) is 9.59 Å². The number of aromatic amines is 1. The molecule has 2 N–H and O–H groups in total. The minimum Gasteiger partial charge on any atom is -0.372 e. The van der Waals surface area contributed by atoms with Gasteiger partial charge in [0.05, 0.1) is 0 Å². The molecule has 0 radical (unpaired) electrons. The average Bonchev–Trinajstić information content (AvgIpc) is 2.56. The predicted octanol–water partition coefficient (Wildman–Crippen LogP) is 3.17. The molecule has 0 spiro atoms. The molecular weight excluding hydrogens is 302 g/mol. The number of pyridine rings is 1. The van der Waals surface area contributed by atoms with Crippen molar-refractivity contribution in [2.75, 3.05) is 23.3 Å². The summed E-state index contributed by atoms with van der Waals surface area (Å²) in [6, 6.07) is 9.23. The van der Waals surface area contributed by atoms with Crippen molar-refractivity contribution in [3.8, 4) is 0 Å². The number of piperidine rings is 1. The average molecular weight is 325 g/mol. The highest BCUT2D eigenvalue weighted by atomic mass is 16.2. The molecule has 2 aromatic rings. The minimum absolute atomic E-state index is 0.120. The van der Waals surface area contributed by atoms with E-state index in [1.807, 2.05) is 24.3 Å². The van der Waals surface area contributed by atoms with Gasteiger partial charge in [-0.05, 0) is 49.9 Å². The van der Waals surface area contributed by atoms with Gasteiger partial charge >= 0.3 is 0 Å². The van der Waals surface area contributed by atoms with Crippen LogP contribution in [0.3, 0.4) is 0 Å². The lowest BCUT2D eigenvalue weighted by molar-refractivity contribution is 0.102. The van der Waals surface area contributed by atoms with Crippen LogP contribution in [0.5, 0.6) is 0 Å². The molecule has 5 nitrogen and oxygen atoms in total. The Hall–Kier alpha value is -2.56. The van der Waals surface area contributed by atoms with Crippen molar-refractivity contribution in [2.24, 2.45) is 5.92 Å². The van der Waals surface area contributed by atoms with Gasteiger partial charge in [0.25, 0.3) is 5.91 Å². The molecule has 1 aliphatic heterocycles. The molecule has 2 heterocycles. The van der Waals surface area contributed by atoms with Crippen LogP contribution in [0.4, 0.5) is 11.4 Å². The second kappa shape index (κ2) is 6.91. The molecule has 1 aromatic carbocycles. The zero-order valence-corrected chi connectivity index (χ0v) is 14.1. The largest absolute Gasteiger partial charge is 0.372 e. The Balaban J connectivity index is 1.67. The van der Waals surface area contributed by atoms with Gasteiger partial charge in [0, 0.05) is 42.4 Å². The minimum atomic E-state index is -0.393. The predicted molar refractivity (Wildman–Crippen MR) is 96.8 cm³/mol. The van der Waals surface area contributed by atoms with Gasteiger partial charge in [-0.1, -0.05) is 6.92 Å². The highest BCUT2D eigenvalue weighted by molar-refractivity contribution is 6.04. The van der Waals surface area contributed by atoms with Crippen molar-refractivity contribution in [3.63, 3.8) is 0 Å². The Bertz CT molecular complexity index is 772. The summed E-state index contributed by atoms with van der Waals surface area (Å²) >= 11 is 0. The van der Waals surface area contributed by atoms with Crippen molar-refractivity contribution in [1.82, 2.24) is 4.98 Å². The number of nitrogens with zero attached hydrogens (tertiary/aromatic N) is 1. The van der Waals surface area contributed by atoms with E-state index in [0.29, 0.717) is 5.69 Å². The molecule has 1 fully saturated rings. The third-order valence-electron chi connectivity index (χ3n) is 4.58. The first-order chi connectivity index (χ1) is 11.5. The third-order valence-corrected chi connectivity index (χ3v) is 4.58. The number of anilines is 2. The summed E-state index contributed by atoms with van der Waals surface area (Å²) in [6.45, 7) is 6.23. The standard InChI is InChI=1S/C19H23N3O2/c1-13-7-9-22(10-8-13)16-5-3-15(4-6-16)21-19(24)17-12-20-14(2)11-18(17)23/h3-6,11-13H,7-10H2,1-2H3,(H,20,23)(H,21,24). The number of nitrogens with one attached hydrogen (secondary N) is 2. The highest BCUT2D eigenvalue weighted by Crippen LogP contribution is 2.24. The summed E-state index contributed by atoms with van der Waals surface area (Å²) in [4.78, 5) is 29.4. The van der Waals surface area contributed by atoms with E-state index in [-0.39, 0.29) is 11.0 Å². The summed E-state index contributed by atoms with van der Waals surface area (Å²) in [5.74, 6) is 0.406. The van der Waals surface area contributed by atoms with Crippen LogP contribution in [-0.2, 0) is 0 Å². The number of hydrogen-bond donors (Lipinski definition) is 2. The van der Waals surface area contributed by atoms with Crippen molar-refractivity contribution in [2.45, 2.75) is 26.7 Å². The number of aryl methyl sites for hydroxylation is 1. The Morgan fingerprint density at radius 2 is 1.88 bits per heavy atom. The first-order valence-corrected chi connectivity index (χ1v) is 8.38. The van der Waals surface area contributed by atoms with E-state index in [2.05, 4.69) is 22.1 Å². The molecule has 0 saturated carbocycles. The van der Waals surface area contributed by atoms with Crippen molar-refractivity contribution in [1.29, 1.82) is 0 Å². The van der Waals surface area contributed by atoms with Crippen LogP contribution >= 0.6 is 0 Å². The summed E-state index contributed by atoms with van der Waals surface area (Å²) < 4.78 is 0. The molecule has 0 atom stereocenters. The normalized spacial score (nSPS) is 15.3. The fraction of sp³-hybridized carbons (Fsp3) is 0.368. The van der Waals surface area contributed by atoms with Crippen LogP contribution in [0.15, 0.2) is 41.3 Å².